The Labute approximate surface area is 141 Å². The molecule has 1 aromatic heterocycles. The molecule has 2 fully saturated rings. The van der Waals surface area contributed by atoms with Crippen molar-refractivity contribution in [2.24, 2.45) is 5.92 Å². The van der Waals surface area contributed by atoms with Crippen molar-refractivity contribution in [1.29, 1.82) is 0 Å². The molecule has 0 spiro atoms. The van der Waals surface area contributed by atoms with Crippen LogP contribution in [0.5, 0.6) is 0 Å². The molecular formula is C18H25N3O3. The zero-order valence-electron chi connectivity index (χ0n) is 14.1. The first-order valence-electron chi connectivity index (χ1n) is 8.75. The van der Waals surface area contributed by atoms with Gasteiger partial charge in [0, 0.05) is 0 Å². The third-order valence-corrected chi connectivity index (χ3v) is 5.03. The summed E-state index contributed by atoms with van der Waals surface area (Å²) in [7, 11) is 0. The molecule has 3 heterocycles. The van der Waals surface area contributed by atoms with E-state index >= 15 is 0 Å². The van der Waals surface area contributed by atoms with Crippen molar-refractivity contribution >= 4 is 11.0 Å². The van der Waals surface area contributed by atoms with Crippen molar-refractivity contribution in [3.63, 3.8) is 0 Å². The number of hydrogen-bond donors (Lipinski definition) is 2. The van der Waals surface area contributed by atoms with Gasteiger partial charge in [-0.05, 0) is 31.0 Å². The second-order valence-corrected chi connectivity index (χ2v) is 7.16. The fraction of sp³-hybridized carbons (Fsp3) is 0.611. The molecule has 2 aliphatic rings. The van der Waals surface area contributed by atoms with Crippen LogP contribution in [0.2, 0.25) is 0 Å². The molecule has 2 N–H and O–H groups in total. The zero-order valence-corrected chi connectivity index (χ0v) is 14.1. The number of nitrogens with zero attached hydrogens (tertiary/aromatic N) is 2. The van der Waals surface area contributed by atoms with Gasteiger partial charge in [-0.15, -0.1) is 0 Å². The van der Waals surface area contributed by atoms with E-state index in [4.69, 9.17) is 9.47 Å². The summed E-state index contributed by atoms with van der Waals surface area (Å²) in [4.78, 5) is 4.44. The van der Waals surface area contributed by atoms with Crippen LogP contribution in [0.25, 0.3) is 11.0 Å². The fourth-order valence-corrected chi connectivity index (χ4v) is 3.70. The summed E-state index contributed by atoms with van der Waals surface area (Å²) in [5.41, 5.74) is 1.90. The average molecular weight is 331 g/mol. The first-order valence-corrected chi connectivity index (χ1v) is 8.75. The van der Waals surface area contributed by atoms with Gasteiger partial charge in [0.25, 0.3) is 0 Å². The molecule has 130 valence electrons. The molecule has 0 radical (unpaired) electrons. The second kappa shape index (κ2) is 6.44. The van der Waals surface area contributed by atoms with Crippen molar-refractivity contribution < 1.29 is 14.6 Å². The summed E-state index contributed by atoms with van der Waals surface area (Å²) >= 11 is 0. The molecule has 5 atom stereocenters. The number of aliphatic hydroxyl groups is 1. The highest BCUT2D eigenvalue weighted by molar-refractivity contribution is 5.75. The predicted molar refractivity (Wildman–Crippen MR) is 90.6 cm³/mol. The van der Waals surface area contributed by atoms with E-state index < -0.39 is 12.4 Å². The van der Waals surface area contributed by atoms with E-state index in [1.165, 1.54) is 0 Å². The third kappa shape index (κ3) is 2.73. The molecule has 6 heteroatoms. The minimum atomic E-state index is -0.582. The molecule has 4 rings (SSSR count). The lowest BCUT2D eigenvalue weighted by Crippen LogP contribution is -2.57. The zero-order chi connectivity index (χ0) is 16.7. The molecule has 2 bridgehead atoms. The number of rotatable bonds is 5. The second-order valence-electron chi connectivity index (χ2n) is 7.16. The smallest absolute Gasteiger partial charge is 0.181 e. The minimum Gasteiger partial charge on any atom is -0.389 e. The van der Waals surface area contributed by atoms with Crippen molar-refractivity contribution in [3.05, 3.63) is 30.6 Å². The topological polar surface area (TPSA) is 68.5 Å². The largest absolute Gasteiger partial charge is 0.389 e. The van der Waals surface area contributed by atoms with Crippen molar-refractivity contribution in [2.45, 2.75) is 50.8 Å². The van der Waals surface area contributed by atoms with Gasteiger partial charge in [-0.1, -0.05) is 26.0 Å². The van der Waals surface area contributed by atoms with Crippen LogP contribution in [0.4, 0.5) is 0 Å². The Balaban J connectivity index is 1.60. The van der Waals surface area contributed by atoms with E-state index in [1.54, 1.807) is 6.33 Å². The molecule has 2 aliphatic heterocycles. The maximum absolute atomic E-state index is 11.0. The van der Waals surface area contributed by atoms with Crippen LogP contribution in [-0.4, -0.2) is 52.3 Å². The number of para-hydroxylation sites is 2. The monoisotopic (exact) mass is 331 g/mol. The van der Waals surface area contributed by atoms with Crippen LogP contribution in [0.3, 0.4) is 0 Å². The molecule has 0 unspecified atom stereocenters. The lowest BCUT2D eigenvalue weighted by molar-refractivity contribution is -0.164. The van der Waals surface area contributed by atoms with Gasteiger partial charge in [-0.25, -0.2) is 4.98 Å². The summed E-state index contributed by atoms with van der Waals surface area (Å²) < 4.78 is 13.8. The summed E-state index contributed by atoms with van der Waals surface area (Å²) in [6.07, 6.45) is 1.74. The molecule has 1 aromatic carbocycles. The Bertz CT molecular complexity index is 702. The van der Waals surface area contributed by atoms with Crippen LogP contribution >= 0.6 is 0 Å². The number of aliphatic hydroxyl groups excluding tert-OH is 1. The quantitative estimate of drug-likeness (QED) is 0.873. The number of benzene rings is 1. The lowest BCUT2D eigenvalue weighted by atomic mass is 9.95. The van der Waals surface area contributed by atoms with Crippen LogP contribution in [0.15, 0.2) is 30.6 Å². The fourth-order valence-electron chi connectivity index (χ4n) is 3.70. The summed E-state index contributed by atoms with van der Waals surface area (Å²) in [5.74, 6) is 0.625. The van der Waals surface area contributed by atoms with Crippen molar-refractivity contribution in [2.75, 3.05) is 13.2 Å². The Hall–Kier alpha value is -1.47. The molecule has 0 amide bonds. The van der Waals surface area contributed by atoms with Crippen LogP contribution in [0, 0.1) is 5.92 Å². The number of nitrogens with one attached hydrogen (secondary N) is 1. The molecular weight excluding hydrogens is 306 g/mol. The normalized spacial score (nSPS) is 32.8. The Morgan fingerprint density at radius 1 is 1.38 bits per heavy atom. The Morgan fingerprint density at radius 3 is 3.04 bits per heavy atom. The number of imidazole rings is 1. The SMILES string of the molecule is CC(C)CCN[C@H]1[C@H](O)[C@@H](n2cnc3ccccc32)[C@@H]2OC[C@H]1O2. The molecule has 2 aromatic rings. The first-order chi connectivity index (χ1) is 11.6. The van der Waals surface area contributed by atoms with Gasteiger partial charge in [-0.2, -0.15) is 0 Å². The summed E-state index contributed by atoms with van der Waals surface area (Å²) in [6, 6.07) is 7.50. The van der Waals surface area contributed by atoms with Gasteiger partial charge in [0.2, 0.25) is 0 Å². The third-order valence-electron chi connectivity index (χ3n) is 5.03. The molecule has 24 heavy (non-hydrogen) atoms. The predicted octanol–water partition coefficient (Wildman–Crippen LogP) is 1.70. The molecule has 0 saturated carbocycles. The van der Waals surface area contributed by atoms with Crippen molar-refractivity contribution in [3.8, 4) is 0 Å². The summed E-state index contributed by atoms with van der Waals surface area (Å²) in [5, 5.41) is 14.5. The number of aromatic nitrogens is 2. The number of ether oxygens (including phenoxy) is 2. The van der Waals surface area contributed by atoms with Gasteiger partial charge in [-0.3, -0.25) is 0 Å². The van der Waals surface area contributed by atoms with E-state index in [0.717, 1.165) is 24.0 Å². The van der Waals surface area contributed by atoms with Crippen LogP contribution in [0.1, 0.15) is 26.3 Å². The van der Waals surface area contributed by atoms with Gasteiger partial charge < -0.3 is 24.5 Å². The number of hydrogen-bond acceptors (Lipinski definition) is 5. The van der Waals surface area contributed by atoms with Gasteiger partial charge in [0.1, 0.15) is 12.1 Å². The maximum atomic E-state index is 11.0. The lowest BCUT2D eigenvalue weighted by Gasteiger charge is -2.39. The molecule has 0 aliphatic carbocycles. The standard InChI is InChI=1S/C18H25N3O3/c1-11(2)7-8-19-15-14-9-23-18(24-14)16(17(15)22)21-10-20-12-5-3-4-6-13(12)21/h3-6,10-11,14-19,22H,7-9H2,1-2H3/t14-,15-,16-,17+,18-/m1/s1. The maximum Gasteiger partial charge on any atom is 0.181 e. The van der Waals surface area contributed by atoms with E-state index in [9.17, 15) is 5.11 Å². The van der Waals surface area contributed by atoms with Crippen molar-refractivity contribution in [1.82, 2.24) is 14.9 Å². The van der Waals surface area contributed by atoms with Gasteiger partial charge in [0.15, 0.2) is 6.29 Å². The Kier molecular flexibility index (Phi) is 4.30. The van der Waals surface area contributed by atoms with Gasteiger partial charge >= 0.3 is 0 Å². The average Bonchev–Trinajstić information content (AvgIpc) is 3.17. The highest BCUT2D eigenvalue weighted by atomic mass is 16.7. The molecule has 2 saturated heterocycles. The van der Waals surface area contributed by atoms with E-state index in [2.05, 4.69) is 24.1 Å². The summed E-state index contributed by atoms with van der Waals surface area (Å²) in [6.45, 7) is 5.78. The first kappa shape index (κ1) is 16.0. The molecule has 6 nitrogen and oxygen atoms in total. The highest BCUT2D eigenvalue weighted by Crippen LogP contribution is 2.37. The van der Waals surface area contributed by atoms with Crippen LogP contribution < -0.4 is 5.32 Å². The number of fused-ring (bicyclic) bond motifs is 3. The highest BCUT2D eigenvalue weighted by Gasteiger charge is 2.50. The van der Waals surface area contributed by atoms with Crippen LogP contribution in [-0.2, 0) is 9.47 Å². The Morgan fingerprint density at radius 2 is 2.21 bits per heavy atom. The van der Waals surface area contributed by atoms with Gasteiger partial charge in [0.05, 0.1) is 36.1 Å². The van der Waals surface area contributed by atoms with E-state index in [-0.39, 0.29) is 18.2 Å². The van der Waals surface area contributed by atoms with E-state index in [0.29, 0.717) is 12.5 Å². The minimum absolute atomic E-state index is 0.0943. The van der Waals surface area contributed by atoms with E-state index in [1.807, 2.05) is 28.8 Å².